The van der Waals surface area contributed by atoms with E-state index in [2.05, 4.69) is 47.9 Å². The van der Waals surface area contributed by atoms with E-state index in [0.29, 0.717) is 22.6 Å². The Morgan fingerprint density at radius 2 is 1.86 bits per heavy atom. The van der Waals surface area contributed by atoms with Crippen LogP contribution in [0.2, 0.25) is 5.02 Å². The highest BCUT2D eigenvalue weighted by Crippen LogP contribution is 2.39. The molecule has 0 radical (unpaired) electrons. The maximum absolute atomic E-state index is 6.53. The maximum atomic E-state index is 6.53. The zero-order chi connectivity index (χ0) is 24.2. The van der Waals surface area contributed by atoms with E-state index in [1.165, 1.54) is 19.2 Å². The Hall–Kier alpha value is -4.30. The van der Waals surface area contributed by atoms with Crippen molar-refractivity contribution >= 4 is 39.4 Å². The van der Waals surface area contributed by atoms with Gasteiger partial charge in [-0.05, 0) is 66.3 Å². The standard InChI is InChI=1S/C27H21ClN8/c28-20-3-1-2-18-21(7-9-31-25(18)20)36-22-12-17(16-6-8-30-23(29)13-16)11-19(27-32-14-33-35-27)26(22)34-24(36)10-15-4-5-15/h1-3,6-9,11-15H,4-5,10H2,(H2,29,30)(H,32,33,35). The van der Waals surface area contributed by atoms with Crippen molar-refractivity contribution in [1.82, 2.24) is 34.7 Å². The van der Waals surface area contributed by atoms with Gasteiger partial charge in [-0.25, -0.2) is 15.0 Å². The minimum absolute atomic E-state index is 0.464. The molecule has 0 saturated heterocycles. The molecule has 2 aromatic carbocycles. The molecule has 0 bridgehead atoms. The lowest BCUT2D eigenvalue weighted by Crippen LogP contribution is -2.04. The lowest BCUT2D eigenvalue weighted by atomic mass is 10.0. The van der Waals surface area contributed by atoms with Gasteiger partial charge in [0.25, 0.3) is 0 Å². The first kappa shape index (κ1) is 21.0. The molecule has 176 valence electrons. The molecule has 0 spiro atoms. The van der Waals surface area contributed by atoms with E-state index in [4.69, 9.17) is 22.3 Å². The van der Waals surface area contributed by atoms with Gasteiger partial charge in [0.2, 0.25) is 0 Å². The molecular formula is C27H21ClN8. The van der Waals surface area contributed by atoms with E-state index in [0.717, 1.165) is 56.6 Å². The molecule has 0 unspecified atom stereocenters. The van der Waals surface area contributed by atoms with Gasteiger partial charge in [0.05, 0.1) is 21.7 Å². The number of pyridine rings is 2. The first-order valence-electron chi connectivity index (χ1n) is 11.8. The Morgan fingerprint density at radius 3 is 2.67 bits per heavy atom. The Balaban J connectivity index is 1.58. The zero-order valence-corrected chi connectivity index (χ0v) is 19.9. The second-order valence-corrected chi connectivity index (χ2v) is 9.58. The summed E-state index contributed by atoms with van der Waals surface area (Å²) in [5.41, 5.74) is 12.4. The number of halogens is 1. The van der Waals surface area contributed by atoms with Crippen LogP contribution >= 0.6 is 11.6 Å². The number of fused-ring (bicyclic) bond motifs is 2. The summed E-state index contributed by atoms with van der Waals surface area (Å²) in [5, 5.41) is 8.71. The van der Waals surface area contributed by atoms with Gasteiger partial charge in [-0.2, -0.15) is 5.10 Å². The first-order valence-corrected chi connectivity index (χ1v) is 12.2. The van der Waals surface area contributed by atoms with Crippen molar-refractivity contribution in [3.8, 4) is 28.2 Å². The van der Waals surface area contributed by atoms with Crippen molar-refractivity contribution in [2.45, 2.75) is 19.3 Å². The van der Waals surface area contributed by atoms with E-state index >= 15 is 0 Å². The molecule has 1 fully saturated rings. The smallest absolute Gasteiger partial charge is 0.157 e. The molecule has 0 atom stereocenters. The molecule has 8 nitrogen and oxygen atoms in total. The monoisotopic (exact) mass is 492 g/mol. The summed E-state index contributed by atoms with van der Waals surface area (Å²) in [4.78, 5) is 18.4. The average Bonchev–Trinajstić information content (AvgIpc) is 3.39. The third kappa shape index (κ3) is 3.49. The average molecular weight is 493 g/mol. The van der Waals surface area contributed by atoms with E-state index in [-0.39, 0.29) is 0 Å². The van der Waals surface area contributed by atoms with Crippen LogP contribution in [0.15, 0.2) is 67.3 Å². The van der Waals surface area contributed by atoms with Gasteiger partial charge < -0.3 is 5.73 Å². The minimum atomic E-state index is 0.464. The van der Waals surface area contributed by atoms with Crippen LogP contribution in [0.5, 0.6) is 0 Å². The normalized spacial score (nSPS) is 13.6. The van der Waals surface area contributed by atoms with Crippen molar-refractivity contribution in [2.24, 2.45) is 5.92 Å². The molecule has 4 aromatic heterocycles. The number of aromatic amines is 1. The summed E-state index contributed by atoms with van der Waals surface area (Å²) in [6, 6.07) is 16.0. The molecule has 36 heavy (non-hydrogen) atoms. The molecule has 0 aliphatic heterocycles. The predicted molar refractivity (Wildman–Crippen MR) is 141 cm³/mol. The van der Waals surface area contributed by atoms with Gasteiger partial charge >= 0.3 is 0 Å². The highest BCUT2D eigenvalue weighted by molar-refractivity contribution is 6.35. The quantitative estimate of drug-likeness (QED) is 0.323. The van der Waals surface area contributed by atoms with Crippen LogP contribution < -0.4 is 5.73 Å². The summed E-state index contributed by atoms with van der Waals surface area (Å²) in [6.45, 7) is 0. The third-order valence-electron chi connectivity index (χ3n) is 6.72. The summed E-state index contributed by atoms with van der Waals surface area (Å²) < 4.78 is 2.25. The Bertz CT molecular complexity index is 1750. The Morgan fingerprint density at radius 1 is 0.972 bits per heavy atom. The summed E-state index contributed by atoms with van der Waals surface area (Å²) in [6.07, 6.45) is 8.38. The van der Waals surface area contributed by atoms with Gasteiger partial charge in [-0.15, -0.1) is 0 Å². The minimum Gasteiger partial charge on any atom is -0.384 e. The lowest BCUT2D eigenvalue weighted by molar-refractivity contribution is 0.759. The fraction of sp³-hybridized carbons (Fsp3) is 0.148. The largest absolute Gasteiger partial charge is 0.384 e. The van der Waals surface area contributed by atoms with E-state index in [1.807, 2.05) is 30.3 Å². The van der Waals surface area contributed by atoms with Crippen LogP contribution in [0.1, 0.15) is 18.7 Å². The van der Waals surface area contributed by atoms with E-state index in [9.17, 15) is 0 Å². The van der Waals surface area contributed by atoms with Crippen LogP contribution in [0, 0.1) is 5.92 Å². The molecule has 6 aromatic rings. The number of nitrogen functional groups attached to an aromatic ring is 1. The van der Waals surface area contributed by atoms with Crippen molar-refractivity contribution < 1.29 is 0 Å². The number of aromatic nitrogens is 7. The Kier molecular flexibility index (Phi) is 4.75. The SMILES string of the molecule is Nc1cc(-c2cc(-c3ncn[nH]3)c3nc(CC4CC4)n(-c4ccnc5c(Cl)cccc45)c3c2)ccn1. The van der Waals surface area contributed by atoms with E-state index < -0.39 is 0 Å². The number of imidazole rings is 1. The van der Waals surface area contributed by atoms with Crippen LogP contribution in [-0.4, -0.2) is 34.7 Å². The first-order chi connectivity index (χ1) is 17.7. The predicted octanol–water partition coefficient (Wildman–Crippen LogP) is 5.61. The van der Waals surface area contributed by atoms with E-state index in [1.54, 1.807) is 12.4 Å². The summed E-state index contributed by atoms with van der Waals surface area (Å²) in [5.74, 6) is 2.78. The lowest BCUT2D eigenvalue weighted by Gasteiger charge is -2.14. The molecule has 1 aliphatic carbocycles. The summed E-state index contributed by atoms with van der Waals surface area (Å²) >= 11 is 6.53. The molecule has 7 rings (SSSR count). The molecule has 3 N–H and O–H groups in total. The van der Waals surface area contributed by atoms with Crippen LogP contribution in [0.3, 0.4) is 0 Å². The molecular weight excluding hydrogens is 472 g/mol. The van der Waals surface area contributed by atoms with Crippen molar-refractivity contribution in [3.63, 3.8) is 0 Å². The van der Waals surface area contributed by atoms with Gasteiger partial charge in [0.1, 0.15) is 23.5 Å². The molecule has 1 aliphatic rings. The number of hydrogen-bond acceptors (Lipinski definition) is 6. The van der Waals surface area contributed by atoms with Gasteiger partial charge in [-0.3, -0.25) is 14.6 Å². The van der Waals surface area contributed by atoms with Crippen molar-refractivity contribution in [2.75, 3.05) is 5.73 Å². The number of benzene rings is 2. The second kappa shape index (κ2) is 8.13. The fourth-order valence-electron chi connectivity index (χ4n) is 4.84. The van der Waals surface area contributed by atoms with Crippen molar-refractivity contribution in [3.05, 3.63) is 78.1 Å². The number of rotatable bonds is 5. The number of nitrogens with one attached hydrogen (secondary N) is 1. The molecule has 9 heteroatoms. The van der Waals surface area contributed by atoms with Gasteiger partial charge in [-0.1, -0.05) is 23.7 Å². The fourth-order valence-corrected chi connectivity index (χ4v) is 5.07. The van der Waals surface area contributed by atoms with Crippen LogP contribution in [0.4, 0.5) is 5.82 Å². The second-order valence-electron chi connectivity index (χ2n) is 9.17. The van der Waals surface area contributed by atoms with Gasteiger partial charge in [0.15, 0.2) is 5.82 Å². The highest BCUT2D eigenvalue weighted by atomic mass is 35.5. The number of anilines is 1. The Labute approximate surface area is 211 Å². The number of nitrogens with two attached hydrogens (primary N) is 1. The van der Waals surface area contributed by atoms with Crippen LogP contribution in [0.25, 0.3) is 50.1 Å². The molecule has 4 heterocycles. The number of H-pyrrole nitrogens is 1. The van der Waals surface area contributed by atoms with Gasteiger partial charge in [0, 0.05) is 29.8 Å². The number of nitrogens with zero attached hydrogens (tertiary/aromatic N) is 6. The number of para-hydroxylation sites is 1. The maximum Gasteiger partial charge on any atom is 0.157 e. The third-order valence-corrected chi connectivity index (χ3v) is 7.03. The molecule has 1 saturated carbocycles. The van der Waals surface area contributed by atoms with Crippen LogP contribution in [-0.2, 0) is 6.42 Å². The topological polar surface area (TPSA) is 111 Å². The molecule has 0 amide bonds. The zero-order valence-electron chi connectivity index (χ0n) is 19.2. The summed E-state index contributed by atoms with van der Waals surface area (Å²) in [7, 11) is 0. The highest BCUT2D eigenvalue weighted by Gasteiger charge is 2.27. The van der Waals surface area contributed by atoms with Crippen molar-refractivity contribution in [1.29, 1.82) is 0 Å². The number of hydrogen-bond donors (Lipinski definition) is 2.